The van der Waals surface area contributed by atoms with Crippen LogP contribution in [0.5, 0.6) is 0 Å². The molecule has 3 atom stereocenters. The standard InChI is InChI=1S/C23H35NO2.C6H6/c1-18(23(25)26)22-11-10-21(16-22)17-24-14-12-20(13-15-24)9-5-8-19-6-3-2-4-7-19;1-2-4-6-5-3-1/h2-4,6-7,18,20-22H,5,8-17H2,1H3,(H,25,26);1-6H. The number of hydrogen-bond donors (Lipinski definition) is 1. The zero-order valence-electron chi connectivity index (χ0n) is 19.7. The number of carboxylic acids is 1. The van der Waals surface area contributed by atoms with Crippen molar-refractivity contribution in [3.8, 4) is 0 Å². The molecule has 0 spiro atoms. The van der Waals surface area contributed by atoms with E-state index in [9.17, 15) is 9.90 Å². The molecule has 1 saturated carbocycles. The Bertz CT molecular complexity index is 729. The second kappa shape index (κ2) is 13.4. The first-order valence-corrected chi connectivity index (χ1v) is 12.6. The Morgan fingerprint density at radius 2 is 1.50 bits per heavy atom. The largest absolute Gasteiger partial charge is 0.481 e. The molecule has 0 radical (unpaired) electrons. The summed E-state index contributed by atoms with van der Waals surface area (Å²) in [5, 5.41) is 9.21. The highest BCUT2D eigenvalue weighted by atomic mass is 16.4. The first-order valence-electron chi connectivity index (χ1n) is 12.6. The van der Waals surface area contributed by atoms with E-state index in [4.69, 9.17) is 0 Å². The number of carboxylic acid groups (broad SMARTS) is 1. The SMILES string of the molecule is CC(C(=O)O)C1CCC(CN2CCC(CCCc3ccccc3)CC2)C1.c1ccccc1. The summed E-state index contributed by atoms with van der Waals surface area (Å²) in [6.45, 7) is 5.56. The lowest BCUT2D eigenvalue weighted by Gasteiger charge is -2.33. The Hall–Kier alpha value is -2.13. The first kappa shape index (κ1) is 24.5. The molecule has 1 heterocycles. The maximum absolute atomic E-state index is 11.2. The first-order chi connectivity index (χ1) is 15.6. The molecule has 4 rings (SSSR count). The van der Waals surface area contributed by atoms with Crippen molar-refractivity contribution >= 4 is 5.97 Å². The molecular weight excluding hydrogens is 394 g/mol. The second-order valence-corrected chi connectivity index (χ2v) is 9.84. The topological polar surface area (TPSA) is 40.5 Å². The van der Waals surface area contributed by atoms with Crippen LogP contribution in [0.4, 0.5) is 0 Å². The number of piperidine rings is 1. The number of carbonyl (C=O) groups is 1. The molecule has 32 heavy (non-hydrogen) atoms. The van der Waals surface area contributed by atoms with Crippen LogP contribution in [0.3, 0.4) is 0 Å². The Kier molecular flexibility index (Phi) is 10.3. The zero-order chi connectivity index (χ0) is 22.6. The predicted octanol–water partition coefficient (Wildman–Crippen LogP) is 6.54. The fourth-order valence-corrected chi connectivity index (χ4v) is 5.38. The minimum atomic E-state index is -0.619. The normalized spacial score (nSPS) is 22.7. The van der Waals surface area contributed by atoms with Crippen molar-refractivity contribution in [2.45, 2.75) is 58.3 Å². The van der Waals surface area contributed by atoms with E-state index in [-0.39, 0.29) is 5.92 Å². The number of rotatable bonds is 8. The van der Waals surface area contributed by atoms with Gasteiger partial charge in [0.1, 0.15) is 0 Å². The molecule has 0 aromatic heterocycles. The van der Waals surface area contributed by atoms with Gasteiger partial charge in [-0.05, 0) is 81.4 Å². The number of aliphatic carboxylic acids is 1. The molecule has 3 unspecified atom stereocenters. The maximum Gasteiger partial charge on any atom is 0.306 e. The van der Waals surface area contributed by atoms with Gasteiger partial charge in [-0.3, -0.25) is 4.79 Å². The van der Waals surface area contributed by atoms with Crippen LogP contribution in [0.15, 0.2) is 66.7 Å². The molecule has 0 amide bonds. The lowest BCUT2D eigenvalue weighted by atomic mass is 9.89. The van der Waals surface area contributed by atoms with E-state index in [1.165, 1.54) is 63.7 Å². The molecule has 3 heteroatoms. The average Bonchev–Trinajstić information content (AvgIpc) is 3.30. The van der Waals surface area contributed by atoms with Crippen LogP contribution < -0.4 is 0 Å². The summed E-state index contributed by atoms with van der Waals surface area (Å²) in [7, 11) is 0. The quantitative estimate of drug-likeness (QED) is 0.511. The van der Waals surface area contributed by atoms with E-state index >= 15 is 0 Å². The fraction of sp³-hybridized carbons (Fsp3) is 0.552. The minimum Gasteiger partial charge on any atom is -0.481 e. The van der Waals surface area contributed by atoms with Crippen molar-refractivity contribution in [3.63, 3.8) is 0 Å². The third-order valence-corrected chi connectivity index (χ3v) is 7.49. The van der Waals surface area contributed by atoms with Crippen molar-refractivity contribution in [3.05, 3.63) is 72.3 Å². The monoisotopic (exact) mass is 435 g/mol. The smallest absolute Gasteiger partial charge is 0.306 e. The zero-order valence-corrected chi connectivity index (χ0v) is 19.7. The molecule has 1 N–H and O–H groups in total. The van der Waals surface area contributed by atoms with Crippen molar-refractivity contribution < 1.29 is 9.90 Å². The van der Waals surface area contributed by atoms with Crippen molar-refractivity contribution in [1.29, 1.82) is 0 Å². The molecular formula is C29H41NO2. The molecule has 2 aliphatic rings. The van der Waals surface area contributed by atoms with E-state index in [0.717, 1.165) is 24.7 Å². The van der Waals surface area contributed by atoms with Gasteiger partial charge in [0.25, 0.3) is 0 Å². The molecule has 3 nitrogen and oxygen atoms in total. The second-order valence-electron chi connectivity index (χ2n) is 9.84. The van der Waals surface area contributed by atoms with Gasteiger partial charge < -0.3 is 10.0 Å². The third kappa shape index (κ3) is 8.43. The third-order valence-electron chi connectivity index (χ3n) is 7.49. The number of likely N-dealkylation sites (tertiary alicyclic amines) is 1. The van der Waals surface area contributed by atoms with E-state index in [1.54, 1.807) is 0 Å². The molecule has 2 fully saturated rings. The van der Waals surface area contributed by atoms with Gasteiger partial charge in [0.2, 0.25) is 0 Å². The van der Waals surface area contributed by atoms with Crippen LogP contribution in [-0.4, -0.2) is 35.6 Å². The van der Waals surface area contributed by atoms with Crippen molar-refractivity contribution in [1.82, 2.24) is 4.90 Å². The summed E-state index contributed by atoms with van der Waals surface area (Å²) < 4.78 is 0. The molecule has 1 aliphatic heterocycles. The van der Waals surface area contributed by atoms with Crippen LogP contribution >= 0.6 is 0 Å². The summed E-state index contributed by atoms with van der Waals surface area (Å²) >= 11 is 0. The fourth-order valence-electron chi connectivity index (χ4n) is 5.38. The highest BCUT2D eigenvalue weighted by Gasteiger charge is 2.33. The van der Waals surface area contributed by atoms with Gasteiger partial charge in [0.15, 0.2) is 0 Å². The number of aryl methyl sites for hydroxylation is 1. The Labute approximate surface area is 194 Å². The summed E-state index contributed by atoms with van der Waals surface area (Å²) in [5.74, 6) is 1.23. The minimum absolute atomic E-state index is 0.171. The maximum atomic E-state index is 11.2. The predicted molar refractivity (Wildman–Crippen MR) is 133 cm³/mol. The van der Waals surface area contributed by atoms with E-state index in [2.05, 4.69) is 35.2 Å². The molecule has 0 bridgehead atoms. The van der Waals surface area contributed by atoms with Crippen LogP contribution in [0.2, 0.25) is 0 Å². The molecule has 1 aliphatic carbocycles. The summed E-state index contributed by atoms with van der Waals surface area (Å²) in [6.07, 6.45) is 10.0. The van der Waals surface area contributed by atoms with Gasteiger partial charge >= 0.3 is 5.97 Å². The van der Waals surface area contributed by atoms with Gasteiger partial charge in [-0.2, -0.15) is 0 Å². The van der Waals surface area contributed by atoms with Gasteiger partial charge in [-0.15, -0.1) is 0 Å². The van der Waals surface area contributed by atoms with E-state index in [0.29, 0.717) is 5.92 Å². The van der Waals surface area contributed by atoms with Crippen LogP contribution in [0.1, 0.15) is 57.4 Å². The molecule has 1 saturated heterocycles. The number of hydrogen-bond acceptors (Lipinski definition) is 2. The van der Waals surface area contributed by atoms with Gasteiger partial charge in [0, 0.05) is 6.54 Å². The number of nitrogens with zero attached hydrogens (tertiary/aromatic N) is 1. The Balaban J connectivity index is 0.000000416. The van der Waals surface area contributed by atoms with Crippen molar-refractivity contribution in [2.24, 2.45) is 23.7 Å². The lowest BCUT2D eigenvalue weighted by molar-refractivity contribution is -0.142. The van der Waals surface area contributed by atoms with E-state index < -0.39 is 5.97 Å². The summed E-state index contributed by atoms with van der Waals surface area (Å²) in [4.78, 5) is 13.8. The summed E-state index contributed by atoms with van der Waals surface area (Å²) in [5.41, 5.74) is 1.47. The van der Waals surface area contributed by atoms with Gasteiger partial charge in [-0.1, -0.05) is 80.1 Å². The highest BCUT2D eigenvalue weighted by molar-refractivity contribution is 5.69. The molecule has 174 valence electrons. The van der Waals surface area contributed by atoms with Gasteiger partial charge in [0.05, 0.1) is 5.92 Å². The lowest BCUT2D eigenvalue weighted by Crippen LogP contribution is -2.36. The number of benzene rings is 2. The highest BCUT2D eigenvalue weighted by Crippen LogP contribution is 2.37. The molecule has 2 aromatic rings. The van der Waals surface area contributed by atoms with Crippen LogP contribution in [0.25, 0.3) is 0 Å². The van der Waals surface area contributed by atoms with Crippen LogP contribution in [0, 0.1) is 23.7 Å². The average molecular weight is 436 g/mol. The van der Waals surface area contributed by atoms with E-state index in [1.807, 2.05) is 43.3 Å². The van der Waals surface area contributed by atoms with Crippen LogP contribution in [-0.2, 0) is 11.2 Å². The van der Waals surface area contributed by atoms with Gasteiger partial charge in [-0.25, -0.2) is 0 Å². The summed E-state index contributed by atoms with van der Waals surface area (Å²) in [6, 6.07) is 22.8. The van der Waals surface area contributed by atoms with Crippen molar-refractivity contribution in [2.75, 3.05) is 19.6 Å². The Morgan fingerprint density at radius 3 is 2.09 bits per heavy atom. The Morgan fingerprint density at radius 1 is 0.906 bits per heavy atom. The molecule has 2 aromatic carbocycles.